The summed E-state index contributed by atoms with van der Waals surface area (Å²) in [6.45, 7) is 8.21. The number of hydrogen-bond donors (Lipinski definition) is 2. The molecule has 0 spiro atoms. The van der Waals surface area contributed by atoms with E-state index in [1.54, 1.807) is 12.4 Å². The smallest absolute Gasteiger partial charge is 0.220 e. The van der Waals surface area contributed by atoms with Gasteiger partial charge in [0.2, 0.25) is 11.7 Å². The highest BCUT2D eigenvalue weighted by atomic mass is 16.2. The number of nitrogens with zero attached hydrogens (tertiary/aromatic N) is 1. The lowest BCUT2D eigenvalue weighted by Crippen LogP contribution is -2.42. The van der Waals surface area contributed by atoms with Crippen molar-refractivity contribution in [2.45, 2.75) is 53.0 Å². The average molecular weight is 279 g/mol. The molecule has 5 heteroatoms. The number of imidazole rings is 1. The van der Waals surface area contributed by atoms with Crippen molar-refractivity contribution in [1.82, 2.24) is 15.3 Å². The number of rotatable bonds is 8. The Morgan fingerprint density at radius 2 is 1.95 bits per heavy atom. The largest absolute Gasteiger partial charge is 0.346 e. The molecule has 1 rings (SSSR count). The fourth-order valence-corrected chi connectivity index (χ4v) is 1.95. The van der Waals surface area contributed by atoms with Crippen molar-refractivity contribution in [3.8, 4) is 0 Å². The molecule has 1 heterocycles. The van der Waals surface area contributed by atoms with E-state index < -0.39 is 6.04 Å². The molecule has 0 radical (unpaired) electrons. The van der Waals surface area contributed by atoms with E-state index in [9.17, 15) is 9.59 Å². The SMILES string of the molecule is CC(C)CCC(=O)N[C@@H](CC(C)C)C(=O)c1ncc[nH]1. The molecule has 1 atom stereocenters. The van der Waals surface area contributed by atoms with Crippen molar-refractivity contribution >= 4 is 11.7 Å². The van der Waals surface area contributed by atoms with Crippen LogP contribution in [0.3, 0.4) is 0 Å². The number of nitrogens with one attached hydrogen (secondary N) is 2. The molecule has 0 saturated carbocycles. The number of hydrogen-bond acceptors (Lipinski definition) is 3. The van der Waals surface area contributed by atoms with Gasteiger partial charge in [0.05, 0.1) is 6.04 Å². The minimum atomic E-state index is -0.499. The Labute approximate surface area is 120 Å². The summed E-state index contributed by atoms with van der Waals surface area (Å²) in [6.07, 6.45) is 5.06. The Hall–Kier alpha value is -1.65. The number of aromatic amines is 1. The third-order valence-corrected chi connectivity index (χ3v) is 3.04. The topological polar surface area (TPSA) is 74.8 Å². The molecule has 112 valence electrons. The van der Waals surface area contributed by atoms with Crippen LogP contribution in [0.5, 0.6) is 0 Å². The van der Waals surface area contributed by atoms with Gasteiger partial charge in [-0.15, -0.1) is 0 Å². The van der Waals surface area contributed by atoms with Gasteiger partial charge < -0.3 is 10.3 Å². The first-order valence-electron chi connectivity index (χ1n) is 7.23. The minimum absolute atomic E-state index is 0.0655. The third kappa shape index (κ3) is 5.55. The van der Waals surface area contributed by atoms with Crippen molar-refractivity contribution in [2.24, 2.45) is 11.8 Å². The van der Waals surface area contributed by atoms with Gasteiger partial charge in [-0.05, 0) is 24.7 Å². The maximum absolute atomic E-state index is 12.3. The highest BCUT2D eigenvalue weighted by molar-refractivity contribution is 5.99. The lowest BCUT2D eigenvalue weighted by Gasteiger charge is -2.19. The van der Waals surface area contributed by atoms with E-state index >= 15 is 0 Å². The van der Waals surface area contributed by atoms with Crippen molar-refractivity contribution in [3.05, 3.63) is 18.2 Å². The Kier molecular flexibility index (Phi) is 6.42. The first-order valence-corrected chi connectivity index (χ1v) is 7.23. The summed E-state index contributed by atoms with van der Waals surface area (Å²) >= 11 is 0. The van der Waals surface area contributed by atoms with Crippen LogP contribution in [-0.4, -0.2) is 27.7 Å². The van der Waals surface area contributed by atoms with Crippen LogP contribution in [0.2, 0.25) is 0 Å². The summed E-state index contributed by atoms with van der Waals surface area (Å²) in [6, 6.07) is -0.499. The molecular formula is C15H25N3O2. The molecule has 1 aromatic rings. The second-order valence-corrected chi connectivity index (χ2v) is 5.98. The predicted molar refractivity (Wildman–Crippen MR) is 78.4 cm³/mol. The molecule has 1 aromatic heterocycles. The second kappa shape index (κ2) is 7.82. The zero-order valence-corrected chi connectivity index (χ0v) is 12.8. The van der Waals surface area contributed by atoms with Crippen LogP contribution in [0.15, 0.2) is 12.4 Å². The van der Waals surface area contributed by atoms with Crippen LogP contribution in [0.25, 0.3) is 0 Å². The molecule has 0 aromatic carbocycles. The maximum Gasteiger partial charge on any atom is 0.220 e. The monoisotopic (exact) mass is 279 g/mol. The van der Waals surface area contributed by atoms with Crippen LogP contribution in [-0.2, 0) is 4.79 Å². The summed E-state index contributed by atoms with van der Waals surface area (Å²) in [4.78, 5) is 31.0. The zero-order valence-electron chi connectivity index (χ0n) is 12.8. The van der Waals surface area contributed by atoms with E-state index in [-0.39, 0.29) is 11.7 Å². The summed E-state index contributed by atoms with van der Waals surface area (Å²) in [5.74, 6) is 0.889. The molecule has 20 heavy (non-hydrogen) atoms. The summed E-state index contributed by atoms with van der Waals surface area (Å²) in [5.41, 5.74) is 0. The van der Waals surface area contributed by atoms with Gasteiger partial charge in [-0.25, -0.2) is 4.98 Å². The number of carbonyl (C=O) groups excluding carboxylic acids is 2. The number of H-pyrrole nitrogens is 1. The Morgan fingerprint density at radius 1 is 1.25 bits per heavy atom. The third-order valence-electron chi connectivity index (χ3n) is 3.04. The number of carbonyl (C=O) groups is 2. The Morgan fingerprint density at radius 3 is 2.45 bits per heavy atom. The lowest BCUT2D eigenvalue weighted by molar-refractivity contribution is -0.121. The first-order chi connectivity index (χ1) is 9.40. The summed E-state index contributed by atoms with van der Waals surface area (Å²) < 4.78 is 0. The number of amides is 1. The molecule has 2 N–H and O–H groups in total. The molecule has 1 amide bonds. The molecular weight excluding hydrogens is 254 g/mol. The van der Waals surface area contributed by atoms with Crippen LogP contribution in [0.1, 0.15) is 57.6 Å². The lowest BCUT2D eigenvalue weighted by atomic mass is 9.99. The Balaban J connectivity index is 2.65. The standard InChI is InChI=1S/C15H25N3O2/c1-10(2)5-6-13(19)18-12(9-11(3)4)14(20)15-16-7-8-17-15/h7-8,10-12H,5-6,9H2,1-4H3,(H,16,17)(H,18,19)/t12-/m0/s1. The summed E-state index contributed by atoms with van der Waals surface area (Å²) in [7, 11) is 0. The van der Waals surface area contributed by atoms with Gasteiger partial charge in [-0.1, -0.05) is 27.7 Å². The molecule has 0 unspecified atom stereocenters. The highest BCUT2D eigenvalue weighted by Crippen LogP contribution is 2.10. The van der Waals surface area contributed by atoms with E-state index in [0.717, 1.165) is 6.42 Å². The normalized spacial score (nSPS) is 12.7. The maximum atomic E-state index is 12.3. The minimum Gasteiger partial charge on any atom is -0.346 e. The van der Waals surface area contributed by atoms with Crippen LogP contribution < -0.4 is 5.32 Å². The zero-order chi connectivity index (χ0) is 15.1. The Bertz CT molecular complexity index is 424. The highest BCUT2D eigenvalue weighted by Gasteiger charge is 2.24. The van der Waals surface area contributed by atoms with Crippen LogP contribution >= 0.6 is 0 Å². The number of aromatic nitrogens is 2. The van der Waals surface area contributed by atoms with Crippen molar-refractivity contribution < 1.29 is 9.59 Å². The molecule has 0 aliphatic heterocycles. The van der Waals surface area contributed by atoms with Gasteiger partial charge in [0.15, 0.2) is 5.82 Å². The summed E-state index contributed by atoms with van der Waals surface area (Å²) in [5, 5.41) is 2.84. The van der Waals surface area contributed by atoms with Crippen LogP contribution in [0, 0.1) is 11.8 Å². The first kappa shape index (κ1) is 16.4. The second-order valence-electron chi connectivity index (χ2n) is 5.98. The van der Waals surface area contributed by atoms with E-state index in [2.05, 4.69) is 29.1 Å². The fourth-order valence-electron chi connectivity index (χ4n) is 1.95. The van der Waals surface area contributed by atoms with Gasteiger partial charge in [-0.2, -0.15) is 0 Å². The van der Waals surface area contributed by atoms with Gasteiger partial charge in [-0.3, -0.25) is 9.59 Å². The van der Waals surface area contributed by atoms with Gasteiger partial charge >= 0.3 is 0 Å². The predicted octanol–water partition coefficient (Wildman–Crippen LogP) is 2.56. The molecule has 0 saturated heterocycles. The van der Waals surface area contributed by atoms with E-state index in [0.29, 0.717) is 30.5 Å². The molecule has 0 fully saturated rings. The van der Waals surface area contributed by atoms with Gasteiger partial charge in [0, 0.05) is 18.8 Å². The molecule has 5 nitrogen and oxygen atoms in total. The van der Waals surface area contributed by atoms with E-state index in [4.69, 9.17) is 0 Å². The number of ketones is 1. The molecule has 0 aliphatic carbocycles. The van der Waals surface area contributed by atoms with Crippen molar-refractivity contribution in [2.75, 3.05) is 0 Å². The molecule has 0 aliphatic rings. The molecule has 0 bridgehead atoms. The van der Waals surface area contributed by atoms with Crippen molar-refractivity contribution in [3.63, 3.8) is 0 Å². The van der Waals surface area contributed by atoms with E-state index in [1.165, 1.54) is 0 Å². The fraction of sp³-hybridized carbons (Fsp3) is 0.667. The van der Waals surface area contributed by atoms with E-state index in [1.807, 2.05) is 13.8 Å². The number of Topliss-reactive ketones (excluding diaryl/α,β-unsaturated/α-hetero) is 1. The van der Waals surface area contributed by atoms with Crippen molar-refractivity contribution in [1.29, 1.82) is 0 Å². The quantitative estimate of drug-likeness (QED) is 0.718. The average Bonchev–Trinajstić information content (AvgIpc) is 2.88. The van der Waals surface area contributed by atoms with Gasteiger partial charge in [0.1, 0.15) is 0 Å². The van der Waals surface area contributed by atoms with Gasteiger partial charge in [0.25, 0.3) is 0 Å². The van der Waals surface area contributed by atoms with Crippen LogP contribution in [0.4, 0.5) is 0 Å².